The normalized spacial score (nSPS) is 10.7. The van der Waals surface area contributed by atoms with E-state index in [-0.39, 0.29) is 11.3 Å². The van der Waals surface area contributed by atoms with Crippen molar-refractivity contribution in [1.29, 1.82) is 0 Å². The smallest absolute Gasteiger partial charge is 0.354 e. The second kappa shape index (κ2) is 6.92. The number of methoxy groups -OCH3 is 1. The van der Waals surface area contributed by atoms with Crippen LogP contribution in [0.15, 0.2) is 36.4 Å². The summed E-state index contributed by atoms with van der Waals surface area (Å²) in [6.07, 6.45) is 0. The molecule has 0 unspecified atom stereocenters. The van der Waals surface area contributed by atoms with Gasteiger partial charge in [0.15, 0.2) is 0 Å². The Labute approximate surface area is 150 Å². The van der Waals surface area contributed by atoms with Gasteiger partial charge in [-0.3, -0.25) is 0 Å². The first-order valence-electron chi connectivity index (χ1n) is 8.16. The highest BCUT2D eigenvalue weighted by Crippen LogP contribution is 2.31. The number of aryl methyl sites for hydroxylation is 1. The zero-order valence-electron chi connectivity index (χ0n) is 14.8. The number of carbonyl (C=O) groups excluding carboxylic acids is 2. The third-order valence-corrected chi connectivity index (χ3v) is 4.18. The molecule has 2 N–H and O–H groups in total. The number of benzene rings is 2. The van der Waals surface area contributed by atoms with Crippen molar-refractivity contribution in [2.45, 2.75) is 13.8 Å². The highest BCUT2D eigenvalue weighted by Gasteiger charge is 2.15. The Balaban J connectivity index is 2.09. The lowest BCUT2D eigenvalue weighted by molar-refractivity contribution is 0.0519. The first-order valence-corrected chi connectivity index (χ1v) is 8.16. The standard InChI is InChI=1S/C20H19NO5/c1-4-26-20(24)17-10-14-11(2)7-13(9-16(14)21-17)12-5-6-18(22)15(8-12)19(23)25-3/h5-10,21-22H,4H2,1-3H3. The number of ether oxygens (including phenoxy) is 2. The van der Waals surface area contributed by atoms with E-state index in [1.54, 1.807) is 25.1 Å². The quantitative estimate of drug-likeness (QED) is 0.696. The number of aromatic nitrogens is 1. The summed E-state index contributed by atoms with van der Waals surface area (Å²) in [7, 11) is 1.26. The van der Waals surface area contributed by atoms with E-state index in [0.717, 1.165) is 27.6 Å². The van der Waals surface area contributed by atoms with Crippen LogP contribution in [0.25, 0.3) is 22.0 Å². The molecule has 0 aliphatic rings. The molecule has 134 valence electrons. The van der Waals surface area contributed by atoms with E-state index in [9.17, 15) is 14.7 Å². The van der Waals surface area contributed by atoms with Gasteiger partial charge in [0, 0.05) is 10.9 Å². The van der Waals surface area contributed by atoms with Crippen LogP contribution < -0.4 is 0 Å². The van der Waals surface area contributed by atoms with E-state index in [2.05, 4.69) is 4.98 Å². The minimum atomic E-state index is -0.605. The van der Waals surface area contributed by atoms with Crippen molar-refractivity contribution in [3.05, 3.63) is 53.2 Å². The molecular weight excluding hydrogens is 334 g/mol. The average molecular weight is 353 g/mol. The van der Waals surface area contributed by atoms with Crippen molar-refractivity contribution < 1.29 is 24.2 Å². The number of H-pyrrole nitrogens is 1. The predicted octanol–water partition coefficient (Wildman–Crippen LogP) is 3.81. The summed E-state index contributed by atoms with van der Waals surface area (Å²) in [5.74, 6) is -1.14. The van der Waals surface area contributed by atoms with E-state index in [4.69, 9.17) is 9.47 Å². The molecule has 0 aliphatic carbocycles. The monoisotopic (exact) mass is 353 g/mol. The summed E-state index contributed by atoms with van der Waals surface area (Å²) < 4.78 is 9.73. The van der Waals surface area contributed by atoms with Crippen LogP contribution >= 0.6 is 0 Å². The zero-order valence-corrected chi connectivity index (χ0v) is 14.8. The third kappa shape index (κ3) is 3.13. The third-order valence-electron chi connectivity index (χ3n) is 4.18. The van der Waals surface area contributed by atoms with E-state index in [1.165, 1.54) is 13.2 Å². The molecule has 3 rings (SSSR count). The fourth-order valence-electron chi connectivity index (χ4n) is 2.89. The molecule has 0 spiro atoms. The van der Waals surface area contributed by atoms with Gasteiger partial charge in [0.25, 0.3) is 0 Å². The number of fused-ring (bicyclic) bond motifs is 1. The Morgan fingerprint density at radius 2 is 1.85 bits per heavy atom. The van der Waals surface area contributed by atoms with Gasteiger partial charge in [0.1, 0.15) is 17.0 Å². The molecule has 1 aromatic heterocycles. The highest BCUT2D eigenvalue weighted by molar-refractivity contribution is 5.98. The Kier molecular flexibility index (Phi) is 4.67. The summed E-state index contributed by atoms with van der Waals surface area (Å²) >= 11 is 0. The summed E-state index contributed by atoms with van der Waals surface area (Å²) in [5, 5.41) is 10.8. The molecule has 0 fully saturated rings. The summed E-state index contributed by atoms with van der Waals surface area (Å²) in [4.78, 5) is 26.8. The molecule has 0 aliphatic heterocycles. The second-order valence-corrected chi connectivity index (χ2v) is 5.88. The maximum atomic E-state index is 11.9. The van der Waals surface area contributed by atoms with E-state index in [1.807, 2.05) is 19.1 Å². The van der Waals surface area contributed by atoms with Crippen molar-refractivity contribution >= 4 is 22.8 Å². The minimum absolute atomic E-state index is 0.0986. The Hall–Kier alpha value is -3.28. The molecular formula is C20H19NO5. The van der Waals surface area contributed by atoms with E-state index < -0.39 is 11.9 Å². The van der Waals surface area contributed by atoms with Gasteiger partial charge >= 0.3 is 11.9 Å². The number of aromatic hydroxyl groups is 1. The highest BCUT2D eigenvalue weighted by atomic mass is 16.5. The van der Waals surface area contributed by atoms with Crippen LogP contribution in [0, 0.1) is 6.92 Å². The largest absolute Gasteiger partial charge is 0.507 e. The number of hydrogen-bond acceptors (Lipinski definition) is 5. The molecule has 0 bridgehead atoms. The number of carbonyl (C=O) groups is 2. The first kappa shape index (κ1) is 17.5. The number of rotatable bonds is 4. The first-order chi connectivity index (χ1) is 12.4. The summed E-state index contributed by atoms with van der Waals surface area (Å²) in [6, 6.07) is 10.4. The zero-order chi connectivity index (χ0) is 18.8. The summed E-state index contributed by atoms with van der Waals surface area (Å²) in [6.45, 7) is 4.01. The number of hydrogen-bond donors (Lipinski definition) is 2. The molecule has 0 amide bonds. The fraction of sp³-hybridized carbons (Fsp3) is 0.200. The van der Waals surface area contributed by atoms with Gasteiger partial charge in [0.2, 0.25) is 0 Å². The Morgan fingerprint density at radius 3 is 2.54 bits per heavy atom. The lowest BCUT2D eigenvalue weighted by Gasteiger charge is -2.08. The van der Waals surface area contributed by atoms with Gasteiger partial charge in [-0.25, -0.2) is 9.59 Å². The van der Waals surface area contributed by atoms with Crippen LogP contribution in [0.4, 0.5) is 0 Å². The van der Waals surface area contributed by atoms with Crippen LogP contribution in [-0.2, 0) is 9.47 Å². The lowest BCUT2D eigenvalue weighted by atomic mass is 9.99. The van der Waals surface area contributed by atoms with E-state index >= 15 is 0 Å². The molecule has 0 saturated heterocycles. The van der Waals surface area contributed by atoms with Crippen LogP contribution in [0.3, 0.4) is 0 Å². The molecule has 0 saturated carbocycles. The minimum Gasteiger partial charge on any atom is -0.507 e. The van der Waals surface area contributed by atoms with Crippen molar-refractivity contribution in [3.63, 3.8) is 0 Å². The van der Waals surface area contributed by atoms with Crippen molar-refractivity contribution in [2.24, 2.45) is 0 Å². The van der Waals surface area contributed by atoms with Crippen molar-refractivity contribution in [2.75, 3.05) is 13.7 Å². The molecule has 6 nitrogen and oxygen atoms in total. The molecule has 3 aromatic rings. The van der Waals surface area contributed by atoms with Gasteiger partial charge in [-0.05, 0) is 54.8 Å². The molecule has 26 heavy (non-hydrogen) atoms. The number of aromatic amines is 1. The van der Waals surface area contributed by atoms with Crippen LogP contribution in [-0.4, -0.2) is 35.7 Å². The molecule has 0 radical (unpaired) electrons. The SMILES string of the molecule is CCOC(=O)c1cc2c(C)cc(-c3ccc(O)c(C(=O)OC)c3)cc2[nH]1. The number of phenols is 1. The predicted molar refractivity (Wildman–Crippen MR) is 97.4 cm³/mol. The van der Waals surface area contributed by atoms with Gasteiger partial charge in [-0.2, -0.15) is 0 Å². The molecule has 6 heteroatoms. The molecule has 2 aromatic carbocycles. The number of phenolic OH excluding ortho intramolecular Hbond substituents is 1. The van der Waals surface area contributed by atoms with Gasteiger partial charge < -0.3 is 19.6 Å². The van der Waals surface area contributed by atoms with Crippen LogP contribution in [0.5, 0.6) is 5.75 Å². The molecule has 0 atom stereocenters. The Bertz CT molecular complexity index is 1000. The molecule has 1 heterocycles. The maximum absolute atomic E-state index is 11.9. The maximum Gasteiger partial charge on any atom is 0.354 e. The van der Waals surface area contributed by atoms with Crippen LogP contribution in [0.1, 0.15) is 33.3 Å². The topological polar surface area (TPSA) is 88.6 Å². The number of esters is 2. The summed E-state index contributed by atoms with van der Waals surface area (Å²) in [5.41, 5.74) is 3.84. The lowest BCUT2D eigenvalue weighted by Crippen LogP contribution is -2.04. The van der Waals surface area contributed by atoms with Gasteiger partial charge in [-0.1, -0.05) is 12.1 Å². The average Bonchev–Trinajstić information content (AvgIpc) is 3.06. The van der Waals surface area contributed by atoms with E-state index in [0.29, 0.717) is 12.3 Å². The van der Waals surface area contributed by atoms with Crippen molar-refractivity contribution in [3.8, 4) is 16.9 Å². The Morgan fingerprint density at radius 1 is 1.08 bits per heavy atom. The van der Waals surface area contributed by atoms with Crippen LogP contribution in [0.2, 0.25) is 0 Å². The van der Waals surface area contributed by atoms with Crippen molar-refractivity contribution in [1.82, 2.24) is 4.98 Å². The van der Waals surface area contributed by atoms with Gasteiger partial charge in [0.05, 0.1) is 13.7 Å². The second-order valence-electron chi connectivity index (χ2n) is 5.88. The van der Waals surface area contributed by atoms with Gasteiger partial charge in [-0.15, -0.1) is 0 Å². The number of nitrogens with one attached hydrogen (secondary N) is 1. The fourth-order valence-corrected chi connectivity index (χ4v) is 2.89.